The summed E-state index contributed by atoms with van der Waals surface area (Å²) in [4.78, 5) is 0. The number of nitrogens with zero attached hydrogens (tertiary/aromatic N) is 2. The maximum Gasteiger partial charge on any atom is 0.0525 e. The Morgan fingerprint density at radius 2 is 2.36 bits per heavy atom. The molecule has 0 bridgehead atoms. The summed E-state index contributed by atoms with van der Waals surface area (Å²) in [6, 6.07) is 0. The van der Waals surface area contributed by atoms with Gasteiger partial charge in [0.2, 0.25) is 0 Å². The van der Waals surface area contributed by atoms with E-state index in [1.54, 1.807) is 0 Å². The van der Waals surface area contributed by atoms with Gasteiger partial charge in [-0.25, -0.2) is 0 Å². The van der Waals surface area contributed by atoms with Crippen molar-refractivity contribution in [2.75, 3.05) is 6.54 Å². The molecule has 0 amide bonds. The normalized spacial score (nSPS) is 17.0. The molecule has 0 atom stereocenters. The van der Waals surface area contributed by atoms with E-state index in [2.05, 4.69) is 16.7 Å². The van der Waals surface area contributed by atoms with Gasteiger partial charge in [-0.1, -0.05) is 6.42 Å². The monoisotopic (exact) mass is 193 g/mol. The van der Waals surface area contributed by atoms with Crippen molar-refractivity contribution >= 4 is 0 Å². The molecular formula is C11H19N3. The molecule has 78 valence electrons. The Bertz CT molecular complexity index is 299. The quantitative estimate of drug-likeness (QED) is 0.790. The van der Waals surface area contributed by atoms with E-state index in [0.29, 0.717) is 0 Å². The Hall–Kier alpha value is -0.830. The standard InChI is InChI=1S/C11H19N3/c1-2-14-11(9-4-3-5-9)10(6-7-12)8-13-14/h8-9H,2-7,12H2,1H3. The van der Waals surface area contributed by atoms with Gasteiger partial charge >= 0.3 is 0 Å². The van der Waals surface area contributed by atoms with Crippen LogP contribution in [-0.4, -0.2) is 16.3 Å². The maximum absolute atomic E-state index is 5.60. The molecule has 1 fully saturated rings. The summed E-state index contributed by atoms with van der Waals surface area (Å²) in [5.74, 6) is 0.763. The second kappa shape index (κ2) is 4.13. The zero-order valence-corrected chi connectivity index (χ0v) is 8.87. The predicted octanol–water partition coefficient (Wildman–Crippen LogP) is 1.67. The Morgan fingerprint density at radius 1 is 1.57 bits per heavy atom. The van der Waals surface area contributed by atoms with E-state index in [9.17, 15) is 0 Å². The van der Waals surface area contributed by atoms with Crippen molar-refractivity contribution in [3.8, 4) is 0 Å². The van der Waals surface area contributed by atoms with Crippen LogP contribution in [0.4, 0.5) is 0 Å². The van der Waals surface area contributed by atoms with Crippen LogP contribution >= 0.6 is 0 Å². The lowest BCUT2D eigenvalue weighted by Crippen LogP contribution is -2.17. The third kappa shape index (κ3) is 1.57. The third-order valence-electron chi connectivity index (χ3n) is 3.17. The number of aromatic nitrogens is 2. The minimum absolute atomic E-state index is 0.731. The van der Waals surface area contributed by atoms with Crippen LogP contribution in [0.15, 0.2) is 6.20 Å². The molecule has 0 aromatic carbocycles. The van der Waals surface area contributed by atoms with Crippen LogP contribution in [0.2, 0.25) is 0 Å². The highest BCUT2D eigenvalue weighted by molar-refractivity contribution is 5.24. The van der Waals surface area contributed by atoms with Crippen LogP contribution in [0.25, 0.3) is 0 Å². The van der Waals surface area contributed by atoms with E-state index in [1.165, 1.54) is 30.5 Å². The SMILES string of the molecule is CCn1ncc(CCN)c1C1CCC1. The number of aryl methyl sites for hydroxylation is 1. The summed E-state index contributed by atoms with van der Waals surface area (Å²) in [6.45, 7) is 3.87. The summed E-state index contributed by atoms with van der Waals surface area (Å²) >= 11 is 0. The Morgan fingerprint density at radius 3 is 2.86 bits per heavy atom. The number of nitrogens with two attached hydrogens (primary N) is 1. The molecule has 1 aliphatic carbocycles. The van der Waals surface area contributed by atoms with Gasteiger partial charge in [0.15, 0.2) is 0 Å². The van der Waals surface area contributed by atoms with Crippen LogP contribution in [0.1, 0.15) is 43.4 Å². The summed E-state index contributed by atoms with van der Waals surface area (Å²) in [5, 5.41) is 4.42. The van der Waals surface area contributed by atoms with Crippen LogP contribution in [0.3, 0.4) is 0 Å². The first-order valence-electron chi connectivity index (χ1n) is 5.61. The van der Waals surface area contributed by atoms with E-state index >= 15 is 0 Å². The summed E-state index contributed by atoms with van der Waals surface area (Å²) in [6.07, 6.45) is 7.03. The maximum atomic E-state index is 5.60. The van der Waals surface area contributed by atoms with E-state index < -0.39 is 0 Å². The fourth-order valence-electron chi connectivity index (χ4n) is 2.19. The molecule has 2 N–H and O–H groups in total. The highest BCUT2D eigenvalue weighted by atomic mass is 15.3. The van der Waals surface area contributed by atoms with Gasteiger partial charge in [-0.3, -0.25) is 4.68 Å². The zero-order chi connectivity index (χ0) is 9.97. The average Bonchev–Trinajstić information content (AvgIpc) is 2.47. The lowest BCUT2D eigenvalue weighted by molar-refractivity contribution is 0.388. The number of rotatable bonds is 4. The minimum atomic E-state index is 0.731. The van der Waals surface area contributed by atoms with Crippen molar-refractivity contribution in [2.24, 2.45) is 5.73 Å². The molecule has 1 aromatic rings. The van der Waals surface area contributed by atoms with Gasteiger partial charge in [0.25, 0.3) is 0 Å². The molecule has 0 spiro atoms. The fraction of sp³-hybridized carbons (Fsp3) is 0.727. The average molecular weight is 193 g/mol. The van der Waals surface area contributed by atoms with Crippen LogP contribution < -0.4 is 5.73 Å². The first-order valence-corrected chi connectivity index (χ1v) is 5.61. The summed E-state index contributed by atoms with van der Waals surface area (Å²) < 4.78 is 2.15. The molecule has 0 aliphatic heterocycles. The van der Waals surface area contributed by atoms with Crippen molar-refractivity contribution in [1.29, 1.82) is 0 Å². The predicted molar refractivity (Wildman–Crippen MR) is 57.3 cm³/mol. The highest BCUT2D eigenvalue weighted by Crippen LogP contribution is 2.37. The number of hydrogen-bond acceptors (Lipinski definition) is 2. The van der Waals surface area contributed by atoms with Gasteiger partial charge in [-0.2, -0.15) is 5.10 Å². The van der Waals surface area contributed by atoms with E-state index in [1.807, 2.05) is 6.20 Å². The molecular weight excluding hydrogens is 174 g/mol. The second-order valence-corrected chi connectivity index (χ2v) is 4.04. The number of hydrogen-bond donors (Lipinski definition) is 1. The third-order valence-corrected chi connectivity index (χ3v) is 3.17. The molecule has 1 heterocycles. The lowest BCUT2D eigenvalue weighted by Gasteiger charge is -2.27. The van der Waals surface area contributed by atoms with Crippen LogP contribution in [0.5, 0.6) is 0 Å². The van der Waals surface area contributed by atoms with Crippen molar-refractivity contribution in [1.82, 2.24) is 9.78 Å². The van der Waals surface area contributed by atoms with Gasteiger partial charge in [-0.05, 0) is 38.3 Å². The highest BCUT2D eigenvalue weighted by Gasteiger charge is 2.25. The molecule has 2 rings (SSSR count). The van der Waals surface area contributed by atoms with Crippen LogP contribution in [0, 0.1) is 0 Å². The van der Waals surface area contributed by atoms with E-state index in [-0.39, 0.29) is 0 Å². The zero-order valence-electron chi connectivity index (χ0n) is 8.87. The summed E-state index contributed by atoms with van der Waals surface area (Å²) in [5.41, 5.74) is 8.44. The van der Waals surface area contributed by atoms with Gasteiger partial charge in [0.05, 0.1) is 6.20 Å². The second-order valence-electron chi connectivity index (χ2n) is 4.04. The minimum Gasteiger partial charge on any atom is -0.330 e. The first kappa shape index (κ1) is 9.71. The fourth-order valence-corrected chi connectivity index (χ4v) is 2.19. The van der Waals surface area contributed by atoms with Crippen molar-refractivity contribution in [3.05, 3.63) is 17.5 Å². The smallest absolute Gasteiger partial charge is 0.0525 e. The van der Waals surface area contributed by atoms with E-state index in [4.69, 9.17) is 5.73 Å². The molecule has 1 aromatic heterocycles. The molecule has 14 heavy (non-hydrogen) atoms. The summed E-state index contributed by atoms with van der Waals surface area (Å²) in [7, 11) is 0. The van der Waals surface area contributed by atoms with Gasteiger partial charge in [0, 0.05) is 18.2 Å². The molecule has 3 nitrogen and oxygen atoms in total. The van der Waals surface area contributed by atoms with Gasteiger partial charge < -0.3 is 5.73 Å². The van der Waals surface area contributed by atoms with Crippen molar-refractivity contribution in [2.45, 2.75) is 45.1 Å². The largest absolute Gasteiger partial charge is 0.330 e. The van der Waals surface area contributed by atoms with Crippen LogP contribution in [-0.2, 0) is 13.0 Å². The van der Waals surface area contributed by atoms with Crippen molar-refractivity contribution in [3.63, 3.8) is 0 Å². The molecule has 0 unspecified atom stereocenters. The Balaban J connectivity index is 2.25. The molecule has 1 saturated carbocycles. The first-order chi connectivity index (χ1) is 6.86. The molecule has 3 heteroatoms. The molecule has 1 aliphatic rings. The van der Waals surface area contributed by atoms with Gasteiger partial charge in [0.1, 0.15) is 0 Å². The topological polar surface area (TPSA) is 43.8 Å². The van der Waals surface area contributed by atoms with Gasteiger partial charge in [-0.15, -0.1) is 0 Å². The Kier molecular flexibility index (Phi) is 2.87. The van der Waals surface area contributed by atoms with E-state index in [0.717, 1.165) is 25.4 Å². The molecule has 0 saturated heterocycles. The molecule has 0 radical (unpaired) electrons. The lowest BCUT2D eigenvalue weighted by atomic mass is 9.81. The van der Waals surface area contributed by atoms with Crippen molar-refractivity contribution < 1.29 is 0 Å². The Labute approximate surface area is 85.3 Å².